The molecule has 0 aliphatic carbocycles. The van der Waals surface area contributed by atoms with Crippen LogP contribution in [0.3, 0.4) is 0 Å². The number of carbonyl (C=O) groups excluding carboxylic acids is 3. The fourth-order valence-corrected chi connectivity index (χ4v) is 3.42. The molecule has 0 saturated heterocycles. The highest BCUT2D eigenvalue weighted by Crippen LogP contribution is 2.28. The number of thioether (sulfide) groups is 1. The Hall–Kier alpha value is -2.60. The van der Waals surface area contributed by atoms with E-state index in [0.717, 1.165) is 4.90 Å². The Labute approximate surface area is 170 Å². The van der Waals surface area contributed by atoms with Crippen LogP contribution in [0.15, 0.2) is 47.4 Å². The summed E-state index contributed by atoms with van der Waals surface area (Å²) >= 11 is 1.45. The lowest BCUT2D eigenvalue weighted by atomic mass is 9.87. The Balaban J connectivity index is 2.14. The van der Waals surface area contributed by atoms with Gasteiger partial charge in [0.05, 0.1) is 11.4 Å². The van der Waals surface area contributed by atoms with Crippen LogP contribution in [0.25, 0.3) is 0 Å². The molecule has 0 bridgehead atoms. The minimum Gasteiger partial charge on any atom is -0.326 e. The first kappa shape index (κ1) is 21.7. The predicted molar refractivity (Wildman–Crippen MR) is 115 cm³/mol. The van der Waals surface area contributed by atoms with Crippen molar-refractivity contribution in [1.82, 2.24) is 0 Å². The van der Waals surface area contributed by atoms with Gasteiger partial charge in [0.15, 0.2) is 5.78 Å². The van der Waals surface area contributed by atoms with E-state index in [0.29, 0.717) is 16.9 Å². The van der Waals surface area contributed by atoms with Crippen molar-refractivity contribution in [2.45, 2.75) is 44.9 Å². The summed E-state index contributed by atoms with van der Waals surface area (Å²) in [5.74, 6) is -0.342. The molecule has 0 spiro atoms. The third kappa shape index (κ3) is 6.23. The molecule has 2 amide bonds. The first-order valence-corrected chi connectivity index (χ1v) is 10.0. The summed E-state index contributed by atoms with van der Waals surface area (Å²) in [5.41, 5.74) is 2.67. The van der Waals surface area contributed by atoms with Gasteiger partial charge in [0.1, 0.15) is 0 Å². The van der Waals surface area contributed by atoms with Crippen molar-refractivity contribution < 1.29 is 14.4 Å². The number of ketones is 1. The summed E-state index contributed by atoms with van der Waals surface area (Å²) in [7, 11) is 0. The van der Waals surface area contributed by atoms with Crippen molar-refractivity contribution in [1.29, 1.82) is 0 Å². The van der Waals surface area contributed by atoms with Gasteiger partial charge in [-0.15, -0.1) is 11.8 Å². The number of hydrogen-bond acceptors (Lipinski definition) is 4. The average Bonchev–Trinajstić information content (AvgIpc) is 2.58. The number of Topliss-reactive ketones (excluding diaryl/α,β-unsaturated/α-hetero) is 1. The molecule has 2 aromatic carbocycles. The van der Waals surface area contributed by atoms with Crippen LogP contribution in [0, 0.1) is 0 Å². The predicted octanol–water partition coefficient (Wildman–Crippen LogP) is 4.88. The van der Waals surface area contributed by atoms with Crippen LogP contribution in [0.1, 0.15) is 50.5 Å². The number of nitrogens with one attached hydrogen (secondary N) is 2. The second-order valence-corrected chi connectivity index (χ2v) is 8.66. The lowest BCUT2D eigenvalue weighted by Crippen LogP contribution is -2.14. The molecule has 28 heavy (non-hydrogen) atoms. The van der Waals surface area contributed by atoms with Gasteiger partial charge in [0.25, 0.3) is 0 Å². The van der Waals surface area contributed by atoms with Crippen molar-refractivity contribution in [3.05, 3.63) is 53.6 Å². The molecule has 0 heterocycles. The highest BCUT2D eigenvalue weighted by molar-refractivity contribution is 8.00. The highest BCUT2D eigenvalue weighted by atomic mass is 32.2. The van der Waals surface area contributed by atoms with Gasteiger partial charge in [0, 0.05) is 30.0 Å². The number of hydrogen-bond donors (Lipinski definition) is 2. The Morgan fingerprint density at radius 1 is 0.893 bits per heavy atom. The molecule has 2 N–H and O–H groups in total. The molecule has 2 aromatic rings. The van der Waals surface area contributed by atoms with E-state index < -0.39 is 0 Å². The molecule has 0 saturated carbocycles. The topological polar surface area (TPSA) is 75.3 Å². The van der Waals surface area contributed by atoms with Crippen molar-refractivity contribution in [2.75, 3.05) is 16.4 Å². The Kier molecular flexibility index (Phi) is 7.02. The van der Waals surface area contributed by atoms with E-state index in [4.69, 9.17) is 0 Å². The number of anilines is 2. The molecule has 0 unspecified atom stereocenters. The fourth-order valence-electron chi connectivity index (χ4n) is 2.64. The summed E-state index contributed by atoms with van der Waals surface area (Å²) in [6.07, 6.45) is 0. The van der Waals surface area contributed by atoms with Crippen LogP contribution in [0.4, 0.5) is 11.4 Å². The quantitative estimate of drug-likeness (QED) is 0.537. The largest absolute Gasteiger partial charge is 0.326 e. The molecule has 6 heteroatoms. The number of amides is 2. The maximum atomic E-state index is 12.7. The molecule has 0 atom stereocenters. The fraction of sp³-hybridized carbons (Fsp3) is 0.318. The van der Waals surface area contributed by atoms with Crippen LogP contribution in [0.2, 0.25) is 0 Å². The molecule has 0 aliphatic heterocycles. The van der Waals surface area contributed by atoms with Crippen molar-refractivity contribution in [3.63, 3.8) is 0 Å². The van der Waals surface area contributed by atoms with Gasteiger partial charge in [-0.25, -0.2) is 0 Å². The zero-order valence-electron chi connectivity index (χ0n) is 16.9. The van der Waals surface area contributed by atoms with E-state index in [2.05, 4.69) is 43.5 Å². The van der Waals surface area contributed by atoms with E-state index in [1.165, 1.54) is 31.2 Å². The van der Waals surface area contributed by atoms with Gasteiger partial charge in [-0.05, 0) is 41.3 Å². The zero-order chi connectivity index (χ0) is 20.9. The number of carbonyl (C=O) groups is 3. The SMILES string of the molecule is CC(=O)Nc1ccc(C(=O)CSc2ccc(C(C)(C)C)cc2)c(NC(C)=O)c1. The van der Waals surface area contributed by atoms with Gasteiger partial charge in [-0.2, -0.15) is 0 Å². The van der Waals surface area contributed by atoms with Crippen molar-refractivity contribution >= 4 is 40.7 Å². The number of rotatable bonds is 6. The first-order chi connectivity index (χ1) is 13.1. The standard InChI is InChI=1S/C22H26N2O3S/c1-14(25)23-17-8-11-19(20(12-17)24-15(2)26)21(27)13-28-18-9-6-16(7-10-18)22(3,4)5/h6-12H,13H2,1-5H3,(H,23,25)(H,24,26). The van der Waals surface area contributed by atoms with Crippen molar-refractivity contribution in [2.24, 2.45) is 0 Å². The van der Waals surface area contributed by atoms with Gasteiger partial charge >= 0.3 is 0 Å². The van der Waals surface area contributed by atoms with E-state index >= 15 is 0 Å². The normalized spacial score (nSPS) is 11.0. The van der Waals surface area contributed by atoms with Crippen LogP contribution < -0.4 is 10.6 Å². The van der Waals surface area contributed by atoms with E-state index in [9.17, 15) is 14.4 Å². The minimum absolute atomic E-state index is 0.0852. The Morgan fingerprint density at radius 3 is 2.04 bits per heavy atom. The minimum atomic E-state index is -0.278. The summed E-state index contributed by atoms with van der Waals surface area (Å²) in [6, 6.07) is 13.1. The molecule has 5 nitrogen and oxygen atoms in total. The molecular formula is C22H26N2O3S. The van der Waals surface area contributed by atoms with Crippen LogP contribution in [-0.2, 0) is 15.0 Å². The third-order valence-corrected chi connectivity index (χ3v) is 5.05. The summed E-state index contributed by atoms with van der Waals surface area (Å²) < 4.78 is 0. The molecule has 2 rings (SSSR count). The van der Waals surface area contributed by atoms with E-state index in [1.807, 2.05) is 12.1 Å². The van der Waals surface area contributed by atoms with Gasteiger partial charge in [-0.1, -0.05) is 32.9 Å². The van der Waals surface area contributed by atoms with Crippen LogP contribution >= 0.6 is 11.8 Å². The average molecular weight is 399 g/mol. The molecule has 0 radical (unpaired) electrons. The molecular weight excluding hydrogens is 372 g/mol. The van der Waals surface area contributed by atoms with Crippen LogP contribution in [-0.4, -0.2) is 23.4 Å². The Morgan fingerprint density at radius 2 is 1.50 bits per heavy atom. The lowest BCUT2D eigenvalue weighted by molar-refractivity contribution is -0.115. The highest BCUT2D eigenvalue weighted by Gasteiger charge is 2.16. The molecule has 148 valence electrons. The van der Waals surface area contributed by atoms with Crippen molar-refractivity contribution in [3.8, 4) is 0 Å². The maximum Gasteiger partial charge on any atom is 0.221 e. The zero-order valence-corrected chi connectivity index (χ0v) is 17.7. The van der Waals surface area contributed by atoms with Gasteiger partial charge in [0.2, 0.25) is 11.8 Å². The first-order valence-electron chi connectivity index (χ1n) is 9.02. The summed E-state index contributed by atoms with van der Waals surface area (Å²) in [6.45, 7) is 9.26. The monoisotopic (exact) mass is 398 g/mol. The maximum absolute atomic E-state index is 12.7. The van der Waals surface area contributed by atoms with E-state index in [1.54, 1.807) is 18.2 Å². The molecule has 0 aliphatic rings. The molecule has 0 aromatic heterocycles. The number of benzene rings is 2. The van der Waals surface area contributed by atoms with Gasteiger partial charge in [-0.3, -0.25) is 14.4 Å². The Bertz CT molecular complexity index is 884. The molecule has 0 fully saturated rings. The second kappa shape index (κ2) is 9.06. The second-order valence-electron chi connectivity index (χ2n) is 7.61. The summed E-state index contributed by atoms with van der Waals surface area (Å²) in [5, 5.41) is 5.32. The van der Waals surface area contributed by atoms with Crippen LogP contribution in [0.5, 0.6) is 0 Å². The third-order valence-electron chi connectivity index (χ3n) is 4.04. The summed E-state index contributed by atoms with van der Waals surface area (Å²) in [4.78, 5) is 36.5. The smallest absolute Gasteiger partial charge is 0.221 e. The lowest BCUT2D eigenvalue weighted by Gasteiger charge is -2.19. The van der Waals surface area contributed by atoms with E-state index in [-0.39, 0.29) is 28.8 Å². The van der Waals surface area contributed by atoms with Gasteiger partial charge < -0.3 is 10.6 Å².